The van der Waals surface area contributed by atoms with E-state index in [4.69, 9.17) is 68.5 Å². The topological polar surface area (TPSA) is 497 Å². The number of nitrogens with two attached hydrogens (primary N) is 2. The number of aromatic nitrogens is 8. The summed E-state index contributed by atoms with van der Waals surface area (Å²) in [7, 11) is 3.20. The lowest BCUT2D eigenvalue weighted by Crippen LogP contribution is -2.61. The van der Waals surface area contributed by atoms with Gasteiger partial charge in [-0.3, -0.25) is 33.8 Å². The number of H-pyrrole nitrogens is 1. The van der Waals surface area contributed by atoms with Crippen LogP contribution in [0.2, 0.25) is 0 Å². The Kier molecular flexibility index (Phi) is 41.6. The Hall–Kier alpha value is -10.2. The summed E-state index contributed by atoms with van der Waals surface area (Å²) in [6.07, 6.45) is 16.1. The van der Waals surface area contributed by atoms with Crippen molar-refractivity contribution < 1.29 is 101 Å². The third-order valence-electron chi connectivity index (χ3n) is 24.6. The molecule has 2 aromatic carbocycles. The molecule has 0 radical (unpaired) electrons. The first-order chi connectivity index (χ1) is 63.2. The molecule has 4 amide bonds. The maximum Gasteiger partial charge on any atom is 0.417 e. The van der Waals surface area contributed by atoms with E-state index in [0.29, 0.717) is 201 Å². The number of ether oxygens (including phenoxy) is 9. The number of carbonyl (C=O) groups excluding carboxylic acids is 7. The van der Waals surface area contributed by atoms with E-state index in [2.05, 4.69) is 46.4 Å². The van der Waals surface area contributed by atoms with Crippen molar-refractivity contribution in [2.24, 2.45) is 40.5 Å². The van der Waals surface area contributed by atoms with E-state index in [0.717, 1.165) is 11.1 Å². The minimum absolute atomic E-state index is 0.0219. The third kappa shape index (κ3) is 31.2. The highest BCUT2D eigenvalue weighted by molar-refractivity contribution is 6.39. The molecule has 3 fully saturated rings. The minimum atomic E-state index is -2.51. The summed E-state index contributed by atoms with van der Waals surface area (Å²) in [5.41, 5.74) is 19.4. The van der Waals surface area contributed by atoms with Crippen molar-refractivity contribution in [2.75, 3.05) is 112 Å². The van der Waals surface area contributed by atoms with Gasteiger partial charge in [0.05, 0.1) is 113 Å². The number of amides is 4. The number of aliphatic hydroxyl groups is 3. The molecule has 10 rings (SSSR count). The lowest BCUT2D eigenvalue weighted by molar-refractivity contribution is -0.265. The van der Waals surface area contributed by atoms with Crippen LogP contribution in [0.4, 0.5) is 5.82 Å². The normalized spacial score (nSPS) is 25.6. The van der Waals surface area contributed by atoms with Gasteiger partial charge < -0.3 is 99.5 Å². The van der Waals surface area contributed by atoms with E-state index in [-0.39, 0.29) is 125 Å². The van der Waals surface area contributed by atoms with Crippen LogP contribution in [0.5, 0.6) is 0 Å². The fourth-order valence-electron chi connectivity index (χ4n) is 17.0. The summed E-state index contributed by atoms with van der Waals surface area (Å²) in [4.78, 5) is 126. The molecule has 15 atom stereocenters. The first kappa shape index (κ1) is 103. The fraction of sp³-hybridized carbons (Fsp3) is 0.617. The van der Waals surface area contributed by atoms with Gasteiger partial charge in [-0.1, -0.05) is 105 Å². The summed E-state index contributed by atoms with van der Waals surface area (Å²) in [5.74, 6) is -9.03. The van der Waals surface area contributed by atoms with Gasteiger partial charge >= 0.3 is 11.7 Å². The van der Waals surface area contributed by atoms with Crippen LogP contribution in [0.1, 0.15) is 174 Å². The van der Waals surface area contributed by atoms with Crippen LogP contribution >= 0.6 is 0 Å². The van der Waals surface area contributed by atoms with Crippen LogP contribution < -0.4 is 33.2 Å². The van der Waals surface area contributed by atoms with Gasteiger partial charge in [0.2, 0.25) is 23.5 Å². The van der Waals surface area contributed by atoms with Crippen molar-refractivity contribution in [3.8, 4) is 11.3 Å². The molecular formula is C94H135N15O22. The lowest BCUT2D eigenvalue weighted by Gasteiger charge is -2.42. The number of ketones is 2. The highest BCUT2D eigenvalue weighted by Gasteiger charge is 2.53. The van der Waals surface area contributed by atoms with Gasteiger partial charge in [-0.2, -0.15) is 5.10 Å². The number of methoxy groups -OCH3 is 2. The summed E-state index contributed by atoms with van der Waals surface area (Å²) in [6.45, 7) is 15.2. The first-order valence-electron chi connectivity index (χ1n) is 46.0. The molecule has 37 nitrogen and oxygen atoms in total. The lowest BCUT2D eigenvalue weighted by atomic mass is 9.79. The zero-order chi connectivity index (χ0) is 93.8. The standard InChI is InChI=1S/C94H135N15O22/c1-60-20-11-9-12-21-61(2)77(121-7)55-70-30-27-65(6)94(120,131-70)88(116)91(117)107-38-17-15-25-75(107)92(118)129-78(56-72(105-128-58-66-22-13-10-14-23-66)62(3)51-64(5)86(114)87(115)85(113)63(4)50-60)71(95)52-67-28-31-74(79(53-67)122-8)109-57-69(103-106-109)24-19-26-80(110)98-36-42-126-47-49-127-48-45-124-41-34-82(112)99-37-43-125-46-44-123-40-33-81(111)97-35-16-18-39-108-90-83(89(96)100-59-101-90)84(104-108)68-29-32-76-73(54-68)102-93(119)130-76/h9-14,20-23,29,32,51,54,57,59-60,62-63,65,67,70-71,74-75,77-79,86-87,114-115,120H,15-19,24-28,30-31,33-50,52-53,55-56,58,95H2,1-8H3,(H,97,111)(H,98,110)(H,99,112)(H,102,119)(H2,96,100,101)/b12-9?,20-11+,61-21?,64-51+,105-72-/t60-,62-,63-,65-,67+,70+,71-,74+,75+,77+,78+,79-,86-,87+,94-/m1/s1. The van der Waals surface area contributed by atoms with E-state index in [9.17, 15) is 48.9 Å². The second-order valence-corrected chi connectivity index (χ2v) is 34.6. The number of anilines is 1. The van der Waals surface area contributed by atoms with Crippen LogP contribution in [0.15, 0.2) is 123 Å². The van der Waals surface area contributed by atoms with Crippen LogP contribution in [-0.2, 0) is 101 Å². The zero-order valence-corrected chi connectivity index (χ0v) is 76.8. The van der Waals surface area contributed by atoms with Gasteiger partial charge in [-0.25, -0.2) is 28.9 Å². The molecule has 0 unspecified atom stereocenters. The third-order valence-corrected chi connectivity index (χ3v) is 24.6. The Morgan fingerprint density at radius 3 is 2.15 bits per heavy atom. The summed E-state index contributed by atoms with van der Waals surface area (Å²) >= 11 is 0. The Morgan fingerprint density at radius 2 is 1.44 bits per heavy atom. The molecule has 6 aromatic rings. The molecular weight excluding hydrogens is 1690 g/mol. The number of piperidine rings is 1. The fourth-order valence-corrected chi connectivity index (χ4v) is 17.0. The monoisotopic (exact) mass is 1830 g/mol. The Bertz CT molecular complexity index is 4870. The summed E-state index contributed by atoms with van der Waals surface area (Å²) in [6, 6.07) is 12.3. The maximum atomic E-state index is 15.2. The average molecular weight is 1830 g/mol. The first-order valence-corrected chi connectivity index (χ1v) is 46.0. The van der Waals surface area contributed by atoms with E-state index in [1.165, 1.54) is 11.2 Å². The summed E-state index contributed by atoms with van der Waals surface area (Å²) < 4.78 is 61.6. The number of nitrogens with one attached hydrogen (secondary N) is 4. The number of rotatable bonds is 40. The van der Waals surface area contributed by atoms with Crippen molar-refractivity contribution in [1.29, 1.82) is 0 Å². The number of oxazole rings is 1. The molecule has 4 aliphatic rings. The van der Waals surface area contributed by atoms with E-state index in [1.807, 2.05) is 85.4 Å². The van der Waals surface area contributed by atoms with Crippen LogP contribution in [0.25, 0.3) is 33.4 Å². The van der Waals surface area contributed by atoms with Gasteiger partial charge in [0.1, 0.15) is 48.8 Å². The average Bonchev–Trinajstić information content (AvgIpc) is 1.58. The number of aryl methyl sites for hydroxylation is 2. The number of Topliss-reactive ketones (excluding diaryl/α,β-unsaturated/α-hetero) is 2. The molecule has 4 aromatic heterocycles. The molecule has 2 saturated heterocycles. The van der Waals surface area contributed by atoms with E-state index < -0.39 is 95.3 Å². The number of nitrogen functional groups attached to an aromatic ring is 1. The molecule has 1 saturated carbocycles. The zero-order valence-electron chi connectivity index (χ0n) is 76.8. The highest BCUT2D eigenvalue weighted by atomic mass is 16.6. The second-order valence-electron chi connectivity index (χ2n) is 34.6. The Morgan fingerprint density at radius 1 is 0.740 bits per heavy atom. The largest absolute Gasteiger partial charge is 0.459 e. The number of unbranched alkanes of at least 4 members (excludes halogenated alkanes) is 1. The van der Waals surface area contributed by atoms with Crippen molar-refractivity contribution in [1.82, 2.24) is 60.6 Å². The van der Waals surface area contributed by atoms with Crippen molar-refractivity contribution >= 4 is 74.8 Å². The SMILES string of the molecule is CO[C@H]1C[C@@H]2CC[C@@H](C)[C@@](O)(O2)C(=O)C(=O)N2CCCC[C@H]2C(=O)O[C@H]([C@H](N)C[C@@H]2CC[C@H](n3cc(CCCC(=O)NCCOCCOCCOCCC(=O)NCCOCCOCCC(=O)NCCCCn4nc(-c5ccc6oc(=O)[nH]c6c5)c5c(N)ncnc54)nn3)[C@H](OC)C2)C/C(=N/OCc2ccccc2)[C@H](C)/C=C(\C)[C@@H](O)[C@@H](O)C(=O)[C@H](C)C[C@H](C)/C=C/C=CC=C1C. The second kappa shape index (κ2) is 52.9. The van der Waals surface area contributed by atoms with Gasteiger partial charge in [0.25, 0.3) is 11.7 Å². The molecule has 3 aliphatic heterocycles. The number of esters is 1. The number of aliphatic hydroxyl groups excluding tert-OH is 2. The smallest absolute Gasteiger partial charge is 0.417 e. The number of nitrogens with zero attached hydrogens (tertiary/aromatic N) is 9. The molecule has 37 heteroatoms. The van der Waals surface area contributed by atoms with Crippen LogP contribution in [0.3, 0.4) is 0 Å². The van der Waals surface area contributed by atoms with E-state index >= 15 is 4.79 Å². The van der Waals surface area contributed by atoms with Crippen molar-refractivity contribution in [3.63, 3.8) is 0 Å². The number of allylic oxidation sites excluding steroid dienone is 6. The quantitative estimate of drug-likeness (QED) is 0.00589. The minimum Gasteiger partial charge on any atom is -0.459 e. The predicted molar refractivity (Wildman–Crippen MR) is 486 cm³/mol. The highest BCUT2D eigenvalue weighted by Crippen LogP contribution is 2.40. The number of hydrogen-bond donors (Lipinski definition) is 9. The Labute approximate surface area is 764 Å². The molecule has 2 bridgehead atoms. The number of aromatic amines is 1. The molecule has 718 valence electrons. The maximum absolute atomic E-state index is 15.2. The molecule has 1 aliphatic carbocycles. The number of carbonyl (C=O) groups is 7. The number of benzene rings is 2. The van der Waals surface area contributed by atoms with Crippen molar-refractivity contribution in [2.45, 2.75) is 237 Å². The van der Waals surface area contributed by atoms with Crippen LogP contribution in [-0.4, -0.2) is 268 Å². The van der Waals surface area contributed by atoms with E-state index in [1.54, 1.807) is 70.9 Å². The van der Waals surface area contributed by atoms with Crippen LogP contribution in [0, 0.1) is 29.6 Å². The number of hydrogen-bond acceptors (Lipinski definition) is 30. The van der Waals surface area contributed by atoms with Gasteiger partial charge in [-0.15, -0.1) is 5.10 Å². The number of fused-ring (bicyclic) bond motifs is 5. The molecule has 11 N–H and O–H groups in total. The molecule has 131 heavy (non-hydrogen) atoms. The van der Waals surface area contributed by atoms with Gasteiger partial charge in [0.15, 0.2) is 17.0 Å². The number of oxime groups is 1. The molecule has 0 spiro atoms. The number of cyclic esters (lactones) is 1. The summed E-state index contributed by atoms with van der Waals surface area (Å²) in [5, 5.41) is 63.1. The van der Waals surface area contributed by atoms with Gasteiger partial charge in [0, 0.05) is 115 Å². The Balaban J connectivity index is 0.613. The molecule has 7 heterocycles. The van der Waals surface area contributed by atoms with Gasteiger partial charge in [-0.05, 0) is 150 Å². The predicted octanol–water partition coefficient (Wildman–Crippen LogP) is 7.53. The van der Waals surface area contributed by atoms with Crippen molar-refractivity contribution in [3.05, 3.63) is 130 Å².